The second-order valence-corrected chi connectivity index (χ2v) is 4.23. The van der Waals surface area contributed by atoms with Crippen LogP contribution in [-0.2, 0) is 0 Å². The van der Waals surface area contributed by atoms with Gasteiger partial charge in [-0.25, -0.2) is 4.40 Å². The zero-order valence-corrected chi connectivity index (χ0v) is 9.87. The van der Waals surface area contributed by atoms with Gasteiger partial charge in [0.15, 0.2) is 0 Å². The van der Waals surface area contributed by atoms with E-state index in [-0.39, 0.29) is 17.2 Å². The van der Waals surface area contributed by atoms with Crippen molar-refractivity contribution in [2.45, 2.75) is 33.6 Å². The number of nitrogens with zero attached hydrogens (tertiary/aromatic N) is 2. The summed E-state index contributed by atoms with van der Waals surface area (Å²) in [5.41, 5.74) is 7.09. The largest absolute Gasteiger partial charge is 0.428 e. The summed E-state index contributed by atoms with van der Waals surface area (Å²) < 4.78 is 6.83. The highest BCUT2D eigenvalue weighted by atomic mass is 16.4. The number of rotatable bonds is 1. The summed E-state index contributed by atoms with van der Waals surface area (Å²) in [6.07, 6.45) is 0. The zero-order valence-electron chi connectivity index (χ0n) is 9.87. The van der Waals surface area contributed by atoms with E-state index in [9.17, 15) is 4.79 Å². The number of nitrogen functional groups attached to an aromatic ring is 1. The Kier molecular flexibility index (Phi) is 2.26. The molecular formula is C11H15N3O2. The molecule has 2 aromatic rings. The maximum Gasteiger partial charge on any atom is 0.309 e. The van der Waals surface area contributed by atoms with Gasteiger partial charge in [0.2, 0.25) is 0 Å². The minimum Gasteiger partial charge on any atom is -0.428 e. The van der Waals surface area contributed by atoms with Crippen molar-refractivity contribution in [1.29, 1.82) is 0 Å². The van der Waals surface area contributed by atoms with Gasteiger partial charge in [-0.1, -0.05) is 13.8 Å². The Morgan fingerprint density at radius 2 is 2.00 bits per heavy atom. The van der Waals surface area contributed by atoms with Crippen LogP contribution in [0, 0.1) is 13.8 Å². The molecule has 16 heavy (non-hydrogen) atoms. The normalized spacial score (nSPS) is 11.6. The Morgan fingerprint density at radius 1 is 1.38 bits per heavy atom. The molecule has 2 heterocycles. The first-order chi connectivity index (χ1) is 7.43. The molecule has 2 aromatic heterocycles. The van der Waals surface area contributed by atoms with E-state index < -0.39 is 0 Å². The second kappa shape index (κ2) is 3.37. The van der Waals surface area contributed by atoms with Crippen LogP contribution >= 0.6 is 0 Å². The molecule has 0 atom stereocenters. The van der Waals surface area contributed by atoms with Gasteiger partial charge in [-0.15, -0.1) is 0 Å². The highest BCUT2D eigenvalue weighted by Crippen LogP contribution is 2.19. The molecule has 0 saturated carbocycles. The molecule has 0 saturated heterocycles. The Balaban J connectivity index is 2.94. The molecule has 0 amide bonds. The lowest BCUT2D eigenvalue weighted by molar-refractivity contribution is 0.554. The lowest BCUT2D eigenvalue weighted by Crippen LogP contribution is -2.21. The average molecular weight is 221 g/mol. The molecule has 2 rings (SSSR count). The summed E-state index contributed by atoms with van der Waals surface area (Å²) in [6, 6.07) is 0. The Labute approximate surface area is 92.9 Å². The van der Waals surface area contributed by atoms with Gasteiger partial charge >= 0.3 is 5.84 Å². The summed E-state index contributed by atoms with van der Waals surface area (Å²) in [4.78, 5) is 16.3. The number of aryl methyl sites for hydroxylation is 2. The molecule has 5 nitrogen and oxygen atoms in total. The van der Waals surface area contributed by atoms with Gasteiger partial charge in [0.25, 0.3) is 5.56 Å². The lowest BCUT2D eigenvalue weighted by Gasteiger charge is -2.07. The summed E-state index contributed by atoms with van der Waals surface area (Å²) in [5, 5.41) is 0. The molecule has 0 fully saturated rings. The van der Waals surface area contributed by atoms with Crippen LogP contribution in [0.15, 0.2) is 9.21 Å². The van der Waals surface area contributed by atoms with Crippen molar-refractivity contribution in [3.05, 3.63) is 27.5 Å². The summed E-state index contributed by atoms with van der Waals surface area (Å²) in [5.74, 6) is 1.10. The monoisotopic (exact) mass is 221 g/mol. The van der Waals surface area contributed by atoms with Crippen molar-refractivity contribution >= 4 is 11.5 Å². The first kappa shape index (κ1) is 10.7. The lowest BCUT2D eigenvalue weighted by atomic mass is 10.1. The summed E-state index contributed by atoms with van der Waals surface area (Å²) in [7, 11) is 0. The first-order valence-electron chi connectivity index (χ1n) is 5.21. The average Bonchev–Trinajstić information content (AvgIpc) is 2.48. The van der Waals surface area contributed by atoms with Crippen LogP contribution in [0.1, 0.15) is 36.9 Å². The molecule has 0 aromatic carbocycles. The zero-order chi connectivity index (χ0) is 12.0. The molecule has 5 heteroatoms. The van der Waals surface area contributed by atoms with Gasteiger partial charge in [-0.05, 0) is 19.8 Å². The molecule has 0 radical (unpaired) electrons. The molecular weight excluding hydrogens is 206 g/mol. The van der Waals surface area contributed by atoms with E-state index in [1.54, 1.807) is 6.92 Å². The molecule has 0 aliphatic heterocycles. The Morgan fingerprint density at radius 3 is 2.56 bits per heavy atom. The molecule has 0 unspecified atom stereocenters. The smallest absolute Gasteiger partial charge is 0.309 e. The number of hydrogen-bond donors (Lipinski definition) is 1. The van der Waals surface area contributed by atoms with Crippen LogP contribution in [-0.4, -0.2) is 9.38 Å². The maximum absolute atomic E-state index is 12.0. The fourth-order valence-electron chi connectivity index (χ4n) is 1.70. The van der Waals surface area contributed by atoms with E-state index in [1.807, 2.05) is 20.8 Å². The van der Waals surface area contributed by atoms with Crippen LogP contribution in [0.5, 0.6) is 0 Å². The SMILES string of the molecule is Cc1oc2nc(C(C)C)c(N)c(=O)n2c1C. The van der Waals surface area contributed by atoms with Gasteiger partial charge in [-0.3, -0.25) is 4.79 Å². The third-order valence-electron chi connectivity index (χ3n) is 2.75. The third kappa shape index (κ3) is 1.31. The van der Waals surface area contributed by atoms with Crippen molar-refractivity contribution in [2.24, 2.45) is 0 Å². The van der Waals surface area contributed by atoms with E-state index in [4.69, 9.17) is 10.2 Å². The minimum absolute atomic E-state index is 0.100. The van der Waals surface area contributed by atoms with Gasteiger partial charge < -0.3 is 10.2 Å². The van der Waals surface area contributed by atoms with Crippen LogP contribution < -0.4 is 11.3 Å². The highest BCUT2D eigenvalue weighted by Gasteiger charge is 2.17. The molecule has 0 spiro atoms. The summed E-state index contributed by atoms with van der Waals surface area (Å²) >= 11 is 0. The fourth-order valence-corrected chi connectivity index (χ4v) is 1.70. The second-order valence-electron chi connectivity index (χ2n) is 4.23. The number of fused-ring (bicyclic) bond motifs is 1. The Hall–Kier alpha value is -1.78. The number of oxazole rings is 1. The van der Waals surface area contributed by atoms with E-state index in [0.717, 1.165) is 5.69 Å². The fraction of sp³-hybridized carbons (Fsp3) is 0.455. The predicted octanol–water partition coefficient (Wildman–Crippen LogP) is 1.61. The highest BCUT2D eigenvalue weighted by molar-refractivity contribution is 5.47. The van der Waals surface area contributed by atoms with Crippen LogP contribution in [0.3, 0.4) is 0 Å². The van der Waals surface area contributed by atoms with Crippen LogP contribution in [0.4, 0.5) is 5.69 Å². The van der Waals surface area contributed by atoms with Crippen LogP contribution in [0.2, 0.25) is 0 Å². The topological polar surface area (TPSA) is 73.5 Å². The molecule has 0 aliphatic rings. The number of aromatic nitrogens is 2. The van der Waals surface area contributed by atoms with Crippen molar-refractivity contribution in [3.63, 3.8) is 0 Å². The standard InChI is InChI=1S/C11H15N3O2/c1-5(2)9-8(12)10(15)14-6(3)7(4)16-11(14)13-9/h5H,12H2,1-4H3. The molecule has 0 bridgehead atoms. The van der Waals surface area contributed by atoms with Crippen molar-refractivity contribution in [3.8, 4) is 0 Å². The van der Waals surface area contributed by atoms with E-state index in [2.05, 4.69) is 4.98 Å². The van der Waals surface area contributed by atoms with Crippen molar-refractivity contribution in [2.75, 3.05) is 5.73 Å². The van der Waals surface area contributed by atoms with Gasteiger partial charge in [-0.2, -0.15) is 4.98 Å². The molecule has 2 N–H and O–H groups in total. The van der Waals surface area contributed by atoms with E-state index in [0.29, 0.717) is 17.3 Å². The number of anilines is 1. The quantitative estimate of drug-likeness (QED) is 0.793. The van der Waals surface area contributed by atoms with Gasteiger partial charge in [0, 0.05) is 0 Å². The predicted molar refractivity (Wildman–Crippen MR) is 61.7 cm³/mol. The minimum atomic E-state index is -0.247. The van der Waals surface area contributed by atoms with E-state index in [1.165, 1.54) is 4.40 Å². The summed E-state index contributed by atoms with van der Waals surface area (Å²) in [6.45, 7) is 7.49. The van der Waals surface area contributed by atoms with Gasteiger partial charge in [0.05, 0.1) is 11.4 Å². The maximum atomic E-state index is 12.0. The van der Waals surface area contributed by atoms with Gasteiger partial charge in [0.1, 0.15) is 11.4 Å². The third-order valence-corrected chi connectivity index (χ3v) is 2.75. The van der Waals surface area contributed by atoms with Crippen LogP contribution in [0.25, 0.3) is 5.84 Å². The number of nitrogens with two attached hydrogens (primary N) is 1. The van der Waals surface area contributed by atoms with Crippen molar-refractivity contribution < 1.29 is 4.42 Å². The number of hydrogen-bond acceptors (Lipinski definition) is 4. The molecule has 86 valence electrons. The van der Waals surface area contributed by atoms with Crippen molar-refractivity contribution in [1.82, 2.24) is 9.38 Å². The Bertz CT molecular complexity index is 608. The molecule has 0 aliphatic carbocycles. The first-order valence-corrected chi connectivity index (χ1v) is 5.21. The van der Waals surface area contributed by atoms with E-state index >= 15 is 0 Å².